The van der Waals surface area contributed by atoms with Gasteiger partial charge in [0.1, 0.15) is 11.6 Å². The van der Waals surface area contributed by atoms with Crippen LogP contribution in [-0.2, 0) is 4.74 Å². The minimum Gasteiger partial charge on any atom is -0.494 e. The second-order valence-corrected chi connectivity index (χ2v) is 3.07. The lowest BCUT2D eigenvalue weighted by atomic mass is 10.1. The zero-order chi connectivity index (χ0) is 15.4. The number of nitriles is 1. The van der Waals surface area contributed by atoms with Crippen molar-refractivity contribution in [3.05, 3.63) is 28.3 Å². The number of hydrogen-bond donors (Lipinski definition) is 0. The first kappa shape index (κ1) is 19.6. The zero-order valence-electron chi connectivity index (χ0n) is 12.2. The predicted molar refractivity (Wildman–Crippen MR) is 76.8 cm³/mol. The molecule has 0 aliphatic carbocycles. The van der Waals surface area contributed by atoms with Crippen LogP contribution >= 0.6 is 11.6 Å². The number of rotatable bonds is 2. The minimum absolute atomic E-state index is 0.143. The van der Waals surface area contributed by atoms with Gasteiger partial charge >= 0.3 is 5.97 Å². The molecule has 106 valence electrons. The van der Waals surface area contributed by atoms with E-state index in [4.69, 9.17) is 21.6 Å². The average Bonchev–Trinajstić information content (AvgIpc) is 2.49. The number of hydrogen-bond acceptors (Lipinski definition) is 4. The maximum Gasteiger partial charge on any atom is 0.341 e. The summed E-state index contributed by atoms with van der Waals surface area (Å²) in [6, 6.07) is 4.71. The van der Waals surface area contributed by atoms with Crippen LogP contribution in [0.3, 0.4) is 0 Å². The molecular weight excluding hydrogens is 266 g/mol. The van der Waals surface area contributed by atoms with E-state index in [0.29, 0.717) is 0 Å². The van der Waals surface area contributed by atoms with Gasteiger partial charge in [-0.15, -0.1) is 0 Å². The normalized spacial score (nSPS) is 7.89. The summed E-state index contributed by atoms with van der Waals surface area (Å²) in [6.45, 7) is 8.00. The van der Waals surface area contributed by atoms with Crippen molar-refractivity contribution in [3.8, 4) is 11.8 Å². The van der Waals surface area contributed by atoms with E-state index in [2.05, 4.69) is 4.74 Å². The first-order valence-electron chi connectivity index (χ1n) is 6.00. The topological polar surface area (TPSA) is 59.3 Å². The molecule has 4 nitrogen and oxygen atoms in total. The Hall–Kier alpha value is -1.73. The van der Waals surface area contributed by atoms with Crippen LogP contribution in [-0.4, -0.2) is 20.2 Å². The summed E-state index contributed by atoms with van der Waals surface area (Å²) in [5.74, 6) is -0.417. The van der Waals surface area contributed by atoms with Crippen molar-refractivity contribution in [2.75, 3.05) is 14.2 Å². The van der Waals surface area contributed by atoms with E-state index in [9.17, 15) is 4.79 Å². The molecule has 1 rings (SSSR count). The van der Waals surface area contributed by atoms with Crippen LogP contribution in [0.2, 0.25) is 5.02 Å². The van der Waals surface area contributed by atoms with E-state index in [1.54, 1.807) is 0 Å². The van der Waals surface area contributed by atoms with Gasteiger partial charge in [0.25, 0.3) is 0 Å². The van der Waals surface area contributed by atoms with Crippen LogP contribution in [0.25, 0.3) is 0 Å². The molecule has 1 aromatic rings. The van der Waals surface area contributed by atoms with Gasteiger partial charge in [0.2, 0.25) is 0 Å². The predicted octanol–water partition coefficient (Wildman–Crippen LogP) is 4.06. The highest BCUT2D eigenvalue weighted by molar-refractivity contribution is 6.31. The van der Waals surface area contributed by atoms with Crippen molar-refractivity contribution < 1.29 is 14.3 Å². The van der Waals surface area contributed by atoms with Crippen LogP contribution in [0.15, 0.2) is 12.1 Å². The largest absolute Gasteiger partial charge is 0.494 e. The van der Waals surface area contributed by atoms with E-state index in [1.165, 1.54) is 26.4 Å². The standard InChI is InChI=1S/C10H8ClNO3.2C2H6/c1-14-9-6(5-12)3-7(11)4-8(9)10(13)15-2;2*1-2/h3-4H,1-2H3;2*1-2H3. The molecule has 0 amide bonds. The Morgan fingerprint density at radius 3 is 2.11 bits per heavy atom. The fourth-order valence-electron chi connectivity index (χ4n) is 1.16. The highest BCUT2D eigenvalue weighted by Crippen LogP contribution is 2.28. The molecule has 0 heterocycles. The molecule has 0 spiro atoms. The van der Waals surface area contributed by atoms with Crippen molar-refractivity contribution in [1.82, 2.24) is 0 Å². The third-order valence-corrected chi connectivity index (χ3v) is 2.00. The molecular formula is C14H20ClNO3. The number of methoxy groups -OCH3 is 2. The Morgan fingerprint density at radius 2 is 1.74 bits per heavy atom. The first-order chi connectivity index (χ1) is 9.13. The second kappa shape index (κ2) is 11.4. The molecule has 0 saturated heterocycles. The molecule has 0 atom stereocenters. The van der Waals surface area contributed by atoms with Crippen molar-refractivity contribution in [2.24, 2.45) is 0 Å². The fraction of sp³-hybridized carbons (Fsp3) is 0.429. The Labute approximate surface area is 119 Å². The monoisotopic (exact) mass is 285 g/mol. The van der Waals surface area contributed by atoms with Crippen LogP contribution in [0.1, 0.15) is 43.6 Å². The van der Waals surface area contributed by atoms with E-state index < -0.39 is 5.97 Å². The van der Waals surface area contributed by atoms with Crippen LogP contribution in [0.4, 0.5) is 0 Å². The molecule has 19 heavy (non-hydrogen) atoms. The summed E-state index contributed by atoms with van der Waals surface area (Å²) in [6.07, 6.45) is 0. The molecule has 0 aromatic heterocycles. The third-order valence-electron chi connectivity index (χ3n) is 1.78. The molecule has 0 aliphatic rings. The molecule has 0 N–H and O–H groups in total. The zero-order valence-corrected chi connectivity index (χ0v) is 13.0. The fourth-order valence-corrected chi connectivity index (χ4v) is 1.38. The molecule has 5 heteroatoms. The summed E-state index contributed by atoms with van der Waals surface area (Å²) in [5, 5.41) is 9.10. The molecule has 0 saturated carbocycles. The van der Waals surface area contributed by atoms with Crippen molar-refractivity contribution in [3.63, 3.8) is 0 Å². The van der Waals surface area contributed by atoms with Gasteiger partial charge in [-0.1, -0.05) is 39.3 Å². The van der Waals surface area contributed by atoms with E-state index in [0.717, 1.165) is 0 Å². The van der Waals surface area contributed by atoms with Crippen molar-refractivity contribution >= 4 is 17.6 Å². The Balaban J connectivity index is 0. The quantitative estimate of drug-likeness (QED) is 0.769. The van der Waals surface area contributed by atoms with Gasteiger partial charge in [0.05, 0.1) is 19.8 Å². The lowest BCUT2D eigenvalue weighted by Gasteiger charge is -2.08. The molecule has 0 unspecified atom stereocenters. The van der Waals surface area contributed by atoms with E-state index in [1.807, 2.05) is 33.8 Å². The van der Waals surface area contributed by atoms with Crippen LogP contribution in [0.5, 0.6) is 5.75 Å². The Bertz CT molecular complexity index is 439. The number of esters is 1. The smallest absolute Gasteiger partial charge is 0.341 e. The molecule has 1 aromatic carbocycles. The molecule has 0 radical (unpaired) electrons. The van der Waals surface area contributed by atoms with Crippen LogP contribution in [0, 0.1) is 11.3 Å². The van der Waals surface area contributed by atoms with Gasteiger partial charge < -0.3 is 9.47 Å². The Morgan fingerprint density at radius 1 is 1.21 bits per heavy atom. The number of nitrogens with zero attached hydrogens (tertiary/aromatic N) is 1. The van der Waals surface area contributed by atoms with E-state index in [-0.39, 0.29) is 21.9 Å². The Kier molecular flexibility index (Phi) is 11.7. The minimum atomic E-state index is -0.592. The number of ether oxygens (including phenoxy) is 2. The van der Waals surface area contributed by atoms with Gasteiger partial charge in [0.15, 0.2) is 5.75 Å². The third kappa shape index (κ3) is 5.62. The van der Waals surface area contributed by atoms with E-state index >= 15 is 0 Å². The second-order valence-electron chi connectivity index (χ2n) is 2.64. The maximum atomic E-state index is 11.3. The van der Waals surface area contributed by atoms with Crippen molar-refractivity contribution in [2.45, 2.75) is 27.7 Å². The lowest BCUT2D eigenvalue weighted by Crippen LogP contribution is -2.05. The number of benzene rings is 1. The highest BCUT2D eigenvalue weighted by atomic mass is 35.5. The van der Waals surface area contributed by atoms with Crippen molar-refractivity contribution in [1.29, 1.82) is 5.26 Å². The molecule has 0 bridgehead atoms. The van der Waals surface area contributed by atoms with Gasteiger partial charge in [-0.25, -0.2) is 4.79 Å². The maximum absolute atomic E-state index is 11.3. The molecule has 0 fully saturated rings. The summed E-state index contributed by atoms with van der Waals surface area (Å²) >= 11 is 5.74. The van der Waals surface area contributed by atoms with Crippen LogP contribution < -0.4 is 4.74 Å². The molecule has 0 aliphatic heterocycles. The SMILES string of the molecule is CC.CC.COC(=O)c1cc(Cl)cc(C#N)c1OC. The van der Waals surface area contributed by atoms with Gasteiger partial charge in [-0.2, -0.15) is 5.26 Å². The van der Waals surface area contributed by atoms with Gasteiger partial charge in [-0.05, 0) is 12.1 Å². The number of halogens is 1. The number of carbonyl (C=O) groups excluding carboxylic acids is 1. The number of carbonyl (C=O) groups is 1. The lowest BCUT2D eigenvalue weighted by molar-refractivity contribution is 0.0597. The summed E-state index contributed by atoms with van der Waals surface area (Å²) in [7, 11) is 2.62. The summed E-state index contributed by atoms with van der Waals surface area (Å²) in [4.78, 5) is 11.3. The highest BCUT2D eigenvalue weighted by Gasteiger charge is 2.17. The first-order valence-corrected chi connectivity index (χ1v) is 6.37. The summed E-state index contributed by atoms with van der Waals surface area (Å²) < 4.78 is 9.51. The van der Waals surface area contributed by atoms with Gasteiger partial charge in [0, 0.05) is 5.02 Å². The average molecular weight is 286 g/mol. The summed E-state index contributed by atoms with van der Waals surface area (Å²) in [5.41, 5.74) is 0.342. The van der Waals surface area contributed by atoms with Gasteiger partial charge in [-0.3, -0.25) is 0 Å².